The Balaban J connectivity index is 2.91. The standard InChI is InChI=1S/C6H6Cl3FO/c7-5(10)3-1-2-4(11)6(5,8)9/h1-3H2. The molecule has 1 saturated carbocycles. The van der Waals surface area contributed by atoms with E-state index in [1.807, 2.05) is 0 Å². The van der Waals surface area contributed by atoms with Crippen molar-refractivity contribution >= 4 is 40.6 Å². The lowest BCUT2D eigenvalue weighted by Crippen LogP contribution is -2.47. The molecule has 0 radical (unpaired) electrons. The Bertz CT molecular complexity index is 190. The first-order chi connectivity index (χ1) is 4.88. The van der Waals surface area contributed by atoms with E-state index in [1.165, 1.54) is 0 Å². The molecule has 0 bridgehead atoms. The van der Waals surface area contributed by atoms with Gasteiger partial charge in [-0.05, 0) is 12.8 Å². The molecule has 0 N–H and O–H groups in total. The van der Waals surface area contributed by atoms with Crippen LogP contribution in [0.1, 0.15) is 19.3 Å². The molecule has 1 nitrogen and oxygen atoms in total. The predicted octanol–water partition coefficient (Wildman–Crippen LogP) is 2.82. The first-order valence-electron chi connectivity index (χ1n) is 3.17. The molecule has 1 rings (SSSR count). The lowest BCUT2D eigenvalue weighted by atomic mass is 9.96. The molecule has 0 aromatic rings. The number of hydrogen-bond acceptors (Lipinski definition) is 1. The molecule has 0 heterocycles. The second kappa shape index (κ2) is 2.75. The molecule has 0 aromatic carbocycles. The summed E-state index contributed by atoms with van der Waals surface area (Å²) in [6, 6.07) is 0. The van der Waals surface area contributed by atoms with E-state index < -0.39 is 15.2 Å². The number of halogens is 4. The summed E-state index contributed by atoms with van der Waals surface area (Å²) in [4.78, 5) is 10.9. The summed E-state index contributed by atoms with van der Waals surface area (Å²) in [5.41, 5.74) is 0. The maximum Gasteiger partial charge on any atom is 0.223 e. The molecule has 64 valence electrons. The number of rotatable bonds is 0. The number of hydrogen-bond donors (Lipinski definition) is 0. The summed E-state index contributed by atoms with van der Waals surface area (Å²) in [5, 5.41) is -2.30. The number of alkyl halides is 4. The molecule has 0 amide bonds. The number of Topliss-reactive ketones (excluding diaryl/α,β-unsaturated/α-hetero) is 1. The van der Waals surface area contributed by atoms with Crippen LogP contribution >= 0.6 is 34.8 Å². The Labute approximate surface area is 78.8 Å². The second-order valence-corrected chi connectivity index (χ2v) is 4.48. The quantitative estimate of drug-likeness (QED) is 0.573. The van der Waals surface area contributed by atoms with Crippen LogP contribution in [0.25, 0.3) is 0 Å². The zero-order valence-electron chi connectivity index (χ0n) is 5.54. The minimum absolute atomic E-state index is 0.0211. The second-order valence-electron chi connectivity index (χ2n) is 2.56. The summed E-state index contributed by atoms with van der Waals surface area (Å²) in [6.07, 6.45) is 0.624. The lowest BCUT2D eigenvalue weighted by molar-refractivity contribution is -0.123. The van der Waals surface area contributed by atoms with Gasteiger partial charge in [0.05, 0.1) is 0 Å². The van der Waals surface area contributed by atoms with Gasteiger partial charge in [-0.25, -0.2) is 4.39 Å². The predicted molar refractivity (Wildman–Crippen MR) is 43.0 cm³/mol. The van der Waals surface area contributed by atoms with Crippen molar-refractivity contribution < 1.29 is 9.18 Å². The minimum atomic E-state index is -2.30. The molecule has 11 heavy (non-hydrogen) atoms. The number of carbonyl (C=O) groups is 1. The third kappa shape index (κ3) is 1.49. The van der Waals surface area contributed by atoms with Crippen molar-refractivity contribution in [2.45, 2.75) is 28.7 Å². The molecule has 1 aliphatic rings. The van der Waals surface area contributed by atoms with Gasteiger partial charge >= 0.3 is 0 Å². The van der Waals surface area contributed by atoms with E-state index in [0.717, 1.165) is 0 Å². The fraction of sp³-hybridized carbons (Fsp3) is 0.833. The van der Waals surface area contributed by atoms with Crippen LogP contribution in [0.15, 0.2) is 0 Å². The Morgan fingerprint density at radius 3 is 2.27 bits per heavy atom. The zero-order valence-corrected chi connectivity index (χ0v) is 7.81. The average Bonchev–Trinajstić information content (AvgIpc) is 1.84. The summed E-state index contributed by atoms with van der Waals surface area (Å²) < 4.78 is 11.1. The first-order valence-corrected chi connectivity index (χ1v) is 4.30. The van der Waals surface area contributed by atoms with Crippen LogP contribution in [0.4, 0.5) is 4.39 Å². The molecule has 0 aliphatic heterocycles. The summed E-state index contributed by atoms with van der Waals surface area (Å²) >= 11 is 16.2. The normalized spacial score (nSPS) is 37.3. The summed E-state index contributed by atoms with van der Waals surface area (Å²) in [6.45, 7) is 0. The smallest absolute Gasteiger partial charge is 0.223 e. The van der Waals surface area contributed by atoms with Crippen molar-refractivity contribution in [3.8, 4) is 0 Å². The van der Waals surface area contributed by atoms with E-state index in [0.29, 0.717) is 6.42 Å². The third-order valence-electron chi connectivity index (χ3n) is 1.70. The SMILES string of the molecule is O=C1CCCC(F)(Cl)C1(Cl)Cl. The summed E-state index contributed by atoms with van der Waals surface area (Å²) in [5.74, 6) is -0.537. The van der Waals surface area contributed by atoms with Gasteiger partial charge in [-0.1, -0.05) is 34.8 Å². The average molecular weight is 219 g/mol. The molecule has 0 saturated heterocycles. The van der Waals surface area contributed by atoms with Gasteiger partial charge in [0.25, 0.3) is 0 Å². The van der Waals surface area contributed by atoms with Gasteiger partial charge in [-0.15, -0.1) is 0 Å². The third-order valence-corrected chi connectivity index (χ3v) is 3.39. The van der Waals surface area contributed by atoms with E-state index >= 15 is 0 Å². The molecular formula is C6H6Cl3FO. The van der Waals surface area contributed by atoms with E-state index in [4.69, 9.17) is 34.8 Å². The molecule has 0 aromatic heterocycles. The minimum Gasteiger partial charge on any atom is -0.296 e. The Morgan fingerprint density at radius 2 is 1.91 bits per heavy atom. The van der Waals surface area contributed by atoms with Crippen LogP contribution < -0.4 is 0 Å². The van der Waals surface area contributed by atoms with Crippen LogP contribution in [-0.4, -0.2) is 15.2 Å². The van der Waals surface area contributed by atoms with Crippen molar-refractivity contribution in [1.82, 2.24) is 0 Å². The zero-order chi connectivity index (χ0) is 8.70. The van der Waals surface area contributed by atoms with Gasteiger partial charge in [-0.3, -0.25) is 4.79 Å². The molecular weight excluding hydrogens is 213 g/mol. The molecule has 1 atom stereocenters. The highest BCUT2D eigenvalue weighted by Gasteiger charge is 2.56. The fourth-order valence-electron chi connectivity index (χ4n) is 0.989. The van der Waals surface area contributed by atoms with Gasteiger partial charge in [0.15, 0.2) is 5.78 Å². The summed E-state index contributed by atoms with van der Waals surface area (Å²) in [7, 11) is 0. The van der Waals surface area contributed by atoms with Gasteiger partial charge in [0.1, 0.15) is 0 Å². The highest BCUT2D eigenvalue weighted by molar-refractivity contribution is 6.62. The lowest BCUT2D eigenvalue weighted by Gasteiger charge is -2.33. The maximum atomic E-state index is 13.2. The van der Waals surface area contributed by atoms with Crippen molar-refractivity contribution in [3.63, 3.8) is 0 Å². The van der Waals surface area contributed by atoms with E-state index in [1.54, 1.807) is 0 Å². The van der Waals surface area contributed by atoms with Crippen molar-refractivity contribution in [3.05, 3.63) is 0 Å². The van der Waals surface area contributed by atoms with Gasteiger partial charge < -0.3 is 0 Å². The Kier molecular flexibility index (Phi) is 2.39. The highest BCUT2D eigenvalue weighted by Crippen LogP contribution is 2.48. The van der Waals surface area contributed by atoms with Crippen LogP contribution in [0.5, 0.6) is 0 Å². The van der Waals surface area contributed by atoms with Gasteiger partial charge in [-0.2, -0.15) is 0 Å². The maximum absolute atomic E-state index is 13.2. The van der Waals surface area contributed by atoms with Gasteiger partial charge in [0.2, 0.25) is 9.46 Å². The molecule has 1 unspecified atom stereocenters. The van der Waals surface area contributed by atoms with Crippen LogP contribution in [-0.2, 0) is 4.79 Å². The van der Waals surface area contributed by atoms with Crippen LogP contribution in [0.3, 0.4) is 0 Å². The van der Waals surface area contributed by atoms with E-state index in [-0.39, 0.29) is 12.8 Å². The first kappa shape index (κ1) is 9.56. The van der Waals surface area contributed by atoms with E-state index in [9.17, 15) is 9.18 Å². The van der Waals surface area contributed by atoms with Gasteiger partial charge in [0, 0.05) is 6.42 Å². The number of carbonyl (C=O) groups excluding carboxylic acids is 1. The topological polar surface area (TPSA) is 17.1 Å². The van der Waals surface area contributed by atoms with Crippen molar-refractivity contribution in [2.24, 2.45) is 0 Å². The van der Waals surface area contributed by atoms with Crippen LogP contribution in [0.2, 0.25) is 0 Å². The van der Waals surface area contributed by atoms with Crippen molar-refractivity contribution in [2.75, 3.05) is 0 Å². The van der Waals surface area contributed by atoms with E-state index in [2.05, 4.69) is 0 Å². The van der Waals surface area contributed by atoms with Crippen molar-refractivity contribution in [1.29, 1.82) is 0 Å². The monoisotopic (exact) mass is 218 g/mol. The number of ketones is 1. The van der Waals surface area contributed by atoms with Crippen LogP contribution in [0, 0.1) is 0 Å². The Hall–Kier alpha value is 0.470. The molecule has 1 fully saturated rings. The Morgan fingerprint density at radius 1 is 1.36 bits per heavy atom. The fourth-order valence-corrected chi connectivity index (χ4v) is 1.61. The highest BCUT2D eigenvalue weighted by atomic mass is 35.5. The molecule has 5 heteroatoms. The largest absolute Gasteiger partial charge is 0.296 e. The molecule has 1 aliphatic carbocycles. The molecule has 0 spiro atoms.